The number of hydrogen-bond donors (Lipinski definition) is 1. The number of rotatable bonds is 5. The van der Waals surface area contributed by atoms with E-state index < -0.39 is 17.2 Å². The van der Waals surface area contributed by atoms with Gasteiger partial charge in [0.1, 0.15) is 24.8 Å². The van der Waals surface area contributed by atoms with Crippen LogP contribution in [-0.2, 0) is 4.79 Å². The Labute approximate surface area is 196 Å². The monoisotopic (exact) mass is 481 g/mol. The summed E-state index contributed by atoms with van der Waals surface area (Å²) >= 11 is 0.963. The fraction of sp³-hybridized carbons (Fsp3) is 0.125. The Morgan fingerprint density at radius 3 is 2.65 bits per heavy atom. The van der Waals surface area contributed by atoms with Gasteiger partial charge in [0.15, 0.2) is 16.7 Å². The summed E-state index contributed by atoms with van der Waals surface area (Å²) in [6.45, 7) is 0.885. The lowest BCUT2D eigenvalue weighted by molar-refractivity contribution is -0.113. The summed E-state index contributed by atoms with van der Waals surface area (Å²) in [6, 6.07) is 14.6. The maximum absolute atomic E-state index is 14.6. The van der Waals surface area contributed by atoms with Gasteiger partial charge in [-0.15, -0.1) is 0 Å². The Morgan fingerprint density at radius 1 is 1.03 bits per heavy atom. The van der Waals surface area contributed by atoms with Crippen LogP contribution < -0.4 is 20.3 Å². The highest BCUT2D eigenvalue weighted by Gasteiger charge is 2.18. The maximum Gasteiger partial charge on any atom is 0.266 e. The number of anilines is 1. The van der Waals surface area contributed by atoms with Crippen LogP contribution in [0.5, 0.6) is 11.5 Å². The molecule has 0 atom stereocenters. The first-order valence-electron chi connectivity index (χ1n) is 10.3. The van der Waals surface area contributed by atoms with Crippen LogP contribution in [0.3, 0.4) is 0 Å². The Kier molecular flexibility index (Phi) is 5.89. The van der Waals surface area contributed by atoms with Crippen molar-refractivity contribution in [3.8, 4) is 17.2 Å². The Hall–Kier alpha value is -3.92. The van der Waals surface area contributed by atoms with Crippen LogP contribution in [-0.4, -0.2) is 34.4 Å². The largest absolute Gasteiger partial charge is 0.486 e. The molecule has 4 aromatic rings. The number of carbonyl (C=O) groups is 1. The number of ether oxygens (including phenoxy) is 2. The molecule has 0 radical (unpaired) electrons. The molecule has 10 heteroatoms. The van der Waals surface area contributed by atoms with Crippen molar-refractivity contribution in [3.05, 3.63) is 82.7 Å². The van der Waals surface area contributed by atoms with Gasteiger partial charge in [-0.2, -0.15) is 0 Å². The number of halogens is 2. The molecule has 3 aromatic carbocycles. The lowest BCUT2D eigenvalue weighted by Gasteiger charge is -2.19. The molecule has 0 bridgehead atoms. The van der Waals surface area contributed by atoms with E-state index in [0.717, 1.165) is 22.4 Å². The van der Waals surface area contributed by atoms with Gasteiger partial charge in [0.05, 0.1) is 22.3 Å². The standard InChI is InChI=1S/C24H17F2N3O4S/c25-14-5-7-19(17(26)11-14)29-23(31)16-3-1-2-4-18(16)28-24(29)34-13-22(30)27-15-6-8-20-21(12-15)33-10-9-32-20/h1-8,11-12H,9-10,13H2,(H,27,30). The number of fused-ring (bicyclic) bond motifs is 2. The number of hydrogen-bond acceptors (Lipinski definition) is 6. The van der Waals surface area contributed by atoms with Crippen molar-refractivity contribution in [1.82, 2.24) is 9.55 Å². The molecule has 0 saturated heterocycles. The molecule has 1 N–H and O–H groups in total. The van der Waals surface area contributed by atoms with Crippen molar-refractivity contribution in [2.24, 2.45) is 0 Å². The van der Waals surface area contributed by atoms with Gasteiger partial charge in [-0.25, -0.2) is 13.8 Å². The topological polar surface area (TPSA) is 82.5 Å². The summed E-state index contributed by atoms with van der Waals surface area (Å²) in [6.07, 6.45) is 0. The molecular formula is C24H17F2N3O4S. The summed E-state index contributed by atoms with van der Waals surface area (Å²) < 4.78 is 40.1. The Bertz CT molecular complexity index is 1470. The summed E-state index contributed by atoms with van der Waals surface area (Å²) in [4.78, 5) is 30.3. The zero-order valence-corrected chi connectivity index (χ0v) is 18.4. The summed E-state index contributed by atoms with van der Waals surface area (Å²) in [7, 11) is 0. The third-order valence-corrected chi connectivity index (χ3v) is 5.99. The Morgan fingerprint density at radius 2 is 1.82 bits per heavy atom. The van der Waals surface area contributed by atoms with Gasteiger partial charge in [-0.3, -0.25) is 14.2 Å². The zero-order chi connectivity index (χ0) is 23.7. The van der Waals surface area contributed by atoms with E-state index in [0.29, 0.717) is 42.0 Å². The molecule has 7 nitrogen and oxygen atoms in total. The molecule has 0 spiro atoms. The molecule has 5 rings (SSSR count). The number of benzene rings is 3. The van der Waals surface area contributed by atoms with Crippen molar-refractivity contribution < 1.29 is 23.0 Å². The molecule has 34 heavy (non-hydrogen) atoms. The van der Waals surface area contributed by atoms with E-state index in [1.807, 2.05) is 0 Å². The smallest absolute Gasteiger partial charge is 0.266 e. The number of carbonyl (C=O) groups excluding carboxylic acids is 1. The van der Waals surface area contributed by atoms with Gasteiger partial charge in [0.2, 0.25) is 5.91 Å². The predicted octanol–water partition coefficient (Wildman–Crippen LogP) is 4.17. The average molecular weight is 481 g/mol. The fourth-order valence-electron chi connectivity index (χ4n) is 3.53. The number of nitrogens with one attached hydrogen (secondary N) is 1. The number of aromatic nitrogens is 2. The van der Waals surface area contributed by atoms with E-state index in [1.54, 1.807) is 42.5 Å². The zero-order valence-electron chi connectivity index (χ0n) is 17.6. The minimum absolute atomic E-state index is 0.103. The second-order valence-electron chi connectivity index (χ2n) is 7.34. The van der Waals surface area contributed by atoms with Crippen LogP contribution >= 0.6 is 11.8 Å². The number of para-hydroxylation sites is 1. The molecule has 1 aliphatic rings. The summed E-state index contributed by atoms with van der Waals surface area (Å²) in [5.74, 6) is -1.02. The van der Waals surface area contributed by atoms with E-state index >= 15 is 0 Å². The molecule has 1 aromatic heterocycles. The lowest BCUT2D eigenvalue weighted by atomic mass is 10.2. The highest BCUT2D eigenvalue weighted by atomic mass is 32.2. The fourth-order valence-corrected chi connectivity index (χ4v) is 4.34. The van der Waals surface area contributed by atoms with Gasteiger partial charge < -0.3 is 14.8 Å². The molecule has 0 fully saturated rings. The second kappa shape index (κ2) is 9.14. The number of amides is 1. The van der Waals surface area contributed by atoms with E-state index in [1.165, 1.54) is 6.07 Å². The average Bonchev–Trinajstić information content (AvgIpc) is 2.83. The molecule has 1 aliphatic heterocycles. The van der Waals surface area contributed by atoms with Crippen LogP contribution in [0.15, 0.2) is 70.6 Å². The van der Waals surface area contributed by atoms with Crippen LogP contribution in [0.4, 0.5) is 14.5 Å². The van der Waals surface area contributed by atoms with E-state index in [-0.39, 0.29) is 27.9 Å². The quantitative estimate of drug-likeness (QED) is 0.341. The molecule has 0 aliphatic carbocycles. The van der Waals surface area contributed by atoms with Gasteiger partial charge in [0, 0.05) is 17.8 Å². The summed E-state index contributed by atoms with van der Waals surface area (Å²) in [5, 5.41) is 3.14. The van der Waals surface area contributed by atoms with Crippen LogP contribution in [0.1, 0.15) is 0 Å². The van der Waals surface area contributed by atoms with Gasteiger partial charge in [-0.05, 0) is 36.4 Å². The minimum atomic E-state index is -0.915. The highest BCUT2D eigenvalue weighted by molar-refractivity contribution is 7.99. The van der Waals surface area contributed by atoms with Crippen LogP contribution in [0.2, 0.25) is 0 Å². The van der Waals surface area contributed by atoms with Gasteiger partial charge >= 0.3 is 0 Å². The molecule has 2 heterocycles. The van der Waals surface area contributed by atoms with Crippen molar-refractivity contribution in [1.29, 1.82) is 0 Å². The van der Waals surface area contributed by atoms with Gasteiger partial charge in [-0.1, -0.05) is 23.9 Å². The summed E-state index contributed by atoms with van der Waals surface area (Å²) in [5.41, 5.74) is 0.245. The number of thioether (sulfide) groups is 1. The SMILES string of the molecule is O=C(CSc1nc2ccccc2c(=O)n1-c1ccc(F)cc1F)Nc1ccc2c(c1)OCCO2. The maximum atomic E-state index is 14.6. The van der Waals surface area contributed by atoms with E-state index in [4.69, 9.17) is 9.47 Å². The first kappa shape index (κ1) is 21.9. The third kappa shape index (κ3) is 4.32. The number of nitrogens with zero attached hydrogens (tertiary/aromatic N) is 2. The van der Waals surface area contributed by atoms with Gasteiger partial charge in [0.25, 0.3) is 5.56 Å². The van der Waals surface area contributed by atoms with Crippen molar-refractivity contribution in [2.45, 2.75) is 5.16 Å². The molecule has 0 saturated carbocycles. The van der Waals surface area contributed by atoms with Crippen LogP contribution in [0.25, 0.3) is 16.6 Å². The van der Waals surface area contributed by atoms with E-state index in [9.17, 15) is 18.4 Å². The second-order valence-corrected chi connectivity index (χ2v) is 8.29. The van der Waals surface area contributed by atoms with E-state index in [2.05, 4.69) is 10.3 Å². The first-order valence-corrected chi connectivity index (χ1v) is 11.3. The van der Waals surface area contributed by atoms with Crippen LogP contribution in [0, 0.1) is 11.6 Å². The lowest BCUT2D eigenvalue weighted by Crippen LogP contribution is -2.24. The van der Waals surface area contributed by atoms with Crippen molar-refractivity contribution in [3.63, 3.8) is 0 Å². The predicted molar refractivity (Wildman–Crippen MR) is 124 cm³/mol. The normalized spacial score (nSPS) is 12.5. The minimum Gasteiger partial charge on any atom is -0.486 e. The molecule has 172 valence electrons. The first-order chi connectivity index (χ1) is 16.5. The highest BCUT2D eigenvalue weighted by Crippen LogP contribution is 2.32. The molecule has 1 amide bonds. The molecular weight excluding hydrogens is 464 g/mol. The van der Waals surface area contributed by atoms with Crippen molar-refractivity contribution >= 4 is 34.3 Å². The Balaban J connectivity index is 1.44. The third-order valence-electron chi connectivity index (χ3n) is 5.05. The molecule has 0 unspecified atom stereocenters. The van der Waals surface area contributed by atoms with Crippen molar-refractivity contribution in [2.75, 3.05) is 24.3 Å².